The molecule has 2 rings (SSSR count). The molecule has 0 bridgehead atoms. The lowest BCUT2D eigenvalue weighted by atomic mass is 10.1. The van der Waals surface area contributed by atoms with E-state index in [0.717, 1.165) is 22.6 Å². The van der Waals surface area contributed by atoms with E-state index in [-0.39, 0.29) is 5.69 Å². The van der Waals surface area contributed by atoms with Gasteiger partial charge in [0, 0.05) is 12.6 Å². The van der Waals surface area contributed by atoms with Crippen LogP contribution in [0.5, 0.6) is 5.75 Å². The largest absolute Gasteiger partial charge is 0.496 e. The van der Waals surface area contributed by atoms with E-state index in [4.69, 9.17) is 4.74 Å². The topological polar surface area (TPSA) is 58.6 Å². The average Bonchev–Trinajstić information content (AvgIpc) is 2.61. The molecule has 0 aliphatic carbocycles. The van der Waals surface area contributed by atoms with E-state index in [9.17, 15) is 22.8 Å². The molecule has 5 nitrogen and oxygen atoms in total. The minimum Gasteiger partial charge on any atom is -0.496 e. The number of amides is 2. The number of halogens is 3. The lowest BCUT2D eigenvalue weighted by Gasteiger charge is -2.19. The van der Waals surface area contributed by atoms with Gasteiger partial charge in [-0.15, -0.1) is 0 Å². The second-order valence-electron chi connectivity index (χ2n) is 5.94. The summed E-state index contributed by atoms with van der Waals surface area (Å²) in [6, 6.07) is 9.51. The van der Waals surface area contributed by atoms with Crippen molar-refractivity contribution in [3.05, 3.63) is 59.2 Å². The molecule has 0 aliphatic heterocycles. The first-order valence-electron chi connectivity index (χ1n) is 7.99. The Kier molecular flexibility index (Phi) is 6.09. The van der Waals surface area contributed by atoms with Crippen molar-refractivity contribution in [2.75, 3.05) is 26.0 Å². The third-order valence-electron chi connectivity index (χ3n) is 3.89. The van der Waals surface area contributed by atoms with Gasteiger partial charge in [-0.3, -0.25) is 9.59 Å². The van der Waals surface area contributed by atoms with Crippen LogP contribution in [0.3, 0.4) is 0 Å². The fourth-order valence-electron chi connectivity index (χ4n) is 2.49. The van der Waals surface area contributed by atoms with Crippen molar-refractivity contribution in [3.63, 3.8) is 0 Å². The molecular formula is C19H19F3N2O3. The van der Waals surface area contributed by atoms with Gasteiger partial charge >= 0.3 is 6.18 Å². The second-order valence-corrected chi connectivity index (χ2v) is 5.94. The van der Waals surface area contributed by atoms with E-state index >= 15 is 0 Å². The number of anilines is 1. The minimum atomic E-state index is -4.59. The molecule has 8 heteroatoms. The maximum absolute atomic E-state index is 13.0. The van der Waals surface area contributed by atoms with Gasteiger partial charge < -0.3 is 15.0 Å². The summed E-state index contributed by atoms with van der Waals surface area (Å²) < 4.78 is 44.1. The predicted octanol–water partition coefficient (Wildman–Crippen LogP) is 3.73. The molecule has 0 radical (unpaired) electrons. The molecule has 0 heterocycles. The molecule has 0 fully saturated rings. The smallest absolute Gasteiger partial charge is 0.418 e. The standard InChI is InChI=1S/C19H19F3N2O3/c1-12-8-9-13(10-16(12)27-3)18(26)24(2)11-17(25)23-15-7-5-4-6-14(15)19(20,21)22/h4-10H,11H2,1-3H3,(H,23,25). The highest BCUT2D eigenvalue weighted by Gasteiger charge is 2.33. The summed E-state index contributed by atoms with van der Waals surface area (Å²) in [6.07, 6.45) is -4.59. The number of nitrogens with zero attached hydrogens (tertiary/aromatic N) is 1. The third kappa shape index (κ3) is 4.99. The third-order valence-corrected chi connectivity index (χ3v) is 3.89. The van der Waals surface area contributed by atoms with Crippen LogP contribution in [0.4, 0.5) is 18.9 Å². The van der Waals surface area contributed by atoms with Crippen LogP contribution in [-0.4, -0.2) is 37.4 Å². The van der Waals surface area contributed by atoms with Gasteiger partial charge in [-0.2, -0.15) is 13.2 Å². The van der Waals surface area contributed by atoms with E-state index in [1.807, 2.05) is 6.92 Å². The predicted molar refractivity (Wildman–Crippen MR) is 94.8 cm³/mol. The minimum absolute atomic E-state index is 0.309. The number of alkyl halides is 3. The highest BCUT2D eigenvalue weighted by atomic mass is 19.4. The zero-order valence-electron chi connectivity index (χ0n) is 15.1. The summed E-state index contributed by atoms with van der Waals surface area (Å²) in [7, 11) is 2.87. The molecule has 0 unspecified atom stereocenters. The Hall–Kier alpha value is -3.03. The summed E-state index contributed by atoms with van der Waals surface area (Å²) >= 11 is 0. The number of rotatable bonds is 5. The summed E-state index contributed by atoms with van der Waals surface area (Å²) in [6.45, 7) is 1.42. The molecule has 2 amide bonds. The summed E-state index contributed by atoms with van der Waals surface area (Å²) in [5, 5.41) is 2.21. The molecule has 27 heavy (non-hydrogen) atoms. The average molecular weight is 380 g/mol. The van der Waals surface area contributed by atoms with Crippen LogP contribution in [0.25, 0.3) is 0 Å². The SMILES string of the molecule is COc1cc(C(=O)N(C)CC(=O)Nc2ccccc2C(F)(F)F)ccc1C. The van der Waals surface area contributed by atoms with Crippen molar-refractivity contribution < 1.29 is 27.5 Å². The number of nitrogens with one attached hydrogen (secondary N) is 1. The normalized spacial score (nSPS) is 11.0. The zero-order chi connectivity index (χ0) is 20.2. The first kappa shape index (κ1) is 20.3. The molecular weight excluding hydrogens is 361 g/mol. The number of para-hydroxylation sites is 1. The first-order valence-corrected chi connectivity index (χ1v) is 7.99. The van der Waals surface area contributed by atoms with Crippen molar-refractivity contribution >= 4 is 17.5 Å². The van der Waals surface area contributed by atoms with Gasteiger partial charge in [-0.1, -0.05) is 18.2 Å². The Morgan fingerprint density at radius 1 is 1.15 bits per heavy atom. The monoisotopic (exact) mass is 380 g/mol. The molecule has 144 valence electrons. The maximum Gasteiger partial charge on any atom is 0.418 e. The van der Waals surface area contributed by atoms with E-state index < -0.39 is 30.1 Å². The highest BCUT2D eigenvalue weighted by molar-refractivity contribution is 5.99. The number of hydrogen-bond acceptors (Lipinski definition) is 3. The van der Waals surface area contributed by atoms with Crippen molar-refractivity contribution in [3.8, 4) is 5.75 Å². The second kappa shape index (κ2) is 8.11. The number of methoxy groups -OCH3 is 1. The van der Waals surface area contributed by atoms with Gasteiger partial charge in [0.1, 0.15) is 5.75 Å². The summed E-state index contributed by atoms with van der Waals surface area (Å²) in [5.41, 5.74) is -0.148. The Morgan fingerprint density at radius 2 is 1.81 bits per heavy atom. The van der Waals surface area contributed by atoms with E-state index in [0.29, 0.717) is 11.3 Å². The molecule has 1 N–H and O–H groups in total. The summed E-state index contributed by atoms with van der Waals surface area (Å²) in [4.78, 5) is 25.7. The molecule has 0 aromatic heterocycles. The van der Waals surface area contributed by atoms with Crippen LogP contribution in [-0.2, 0) is 11.0 Å². The van der Waals surface area contributed by atoms with Gasteiger partial charge in [0.05, 0.1) is 24.9 Å². The number of likely N-dealkylation sites (N-methyl/N-ethyl adjacent to an activating group) is 1. The molecule has 0 spiro atoms. The van der Waals surface area contributed by atoms with Gasteiger partial charge in [0.25, 0.3) is 5.91 Å². The number of carbonyl (C=O) groups excluding carboxylic acids is 2. The van der Waals surface area contributed by atoms with Crippen molar-refractivity contribution in [2.24, 2.45) is 0 Å². The summed E-state index contributed by atoms with van der Waals surface area (Å²) in [5.74, 6) is -0.660. The Morgan fingerprint density at radius 3 is 2.44 bits per heavy atom. The number of benzene rings is 2. The Labute approximate surface area is 154 Å². The zero-order valence-corrected chi connectivity index (χ0v) is 15.1. The van der Waals surface area contributed by atoms with Crippen LogP contribution < -0.4 is 10.1 Å². The fourth-order valence-corrected chi connectivity index (χ4v) is 2.49. The molecule has 0 saturated carbocycles. The number of hydrogen-bond donors (Lipinski definition) is 1. The molecule has 0 atom stereocenters. The quantitative estimate of drug-likeness (QED) is 0.860. The lowest BCUT2D eigenvalue weighted by molar-refractivity contribution is -0.137. The van der Waals surface area contributed by atoms with Crippen molar-refractivity contribution in [2.45, 2.75) is 13.1 Å². The van der Waals surface area contributed by atoms with Gasteiger partial charge in [-0.25, -0.2) is 0 Å². The van der Waals surface area contributed by atoms with Gasteiger partial charge in [0.15, 0.2) is 0 Å². The maximum atomic E-state index is 13.0. The van der Waals surface area contributed by atoms with Crippen molar-refractivity contribution in [1.29, 1.82) is 0 Å². The van der Waals surface area contributed by atoms with Crippen LogP contribution in [0.2, 0.25) is 0 Å². The first-order chi connectivity index (χ1) is 12.6. The molecule has 2 aromatic rings. The highest BCUT2D eigenvalue weighted by Crippen LogP contribution is 2.34. The van der Waals surface area contributed by atoms with Crippen LogP contribution >= 0.6 is 0 Å². The van der Waals surface area contributed by atoms with E-state index in [1.54, 1.807) is 18.2 Å². The molecule has 0 aliphatic rings. The number of ether oxygens (including phenoxy) is 1. The van der Waals surface area contributed by atoms with E-state index in [1.165, 1.54) is 26.3 Å². The van der Waals surface area contributed by atoms with E-state index in [2.05, 4.69) is 5.32 Å². The van der Waals surface area contributed by atoms with Crippen LogP contribution in [0.1, 0.15) is 21.5 Å². The Bertz CT molecular complexity index is 850. The number of aryl methyl sites for hydroxylation is 1. The Balaban J connectivity index is 2.09. The van der Waals surface area contributed by atoms with Gasteiger partial charge in [-0.05, 0) is 36.8 Å². The fraction of sp³-hybridized carbons (Fsp3) is 0.263. The molecule has 0 saturated heterocycles. The van der Waals surface area contributed by atoms with Gasteiger partial charge in [0.2, 0.25) is 5.91 Å². The van der Waals surface area contributed by atoms with Crippen LogP contribution in [0.15, 0.2) is 42.5 Å². The lowest BCUT2D eigenvalue weighted by Crippen LogP contribution is -2.35. The van der Waals surface area contributed by atoms with Crippen LogP contribution in [0, 0.1) is 6.92 Å². The van der Waals surface area contributed by atoms with Crippen molar-refractivity contribution in [1.82, 2.24) is 4.90 Å². The number of carbonyl (C=O) groups is 2. The molecule has 2 aromatic carbocycles.